The highest BCUT2D eigenvalue weighted by Crippen LogP contribution is 2.34. The van der Waals surface area contributed by atoms with Crippen LogP contribution in [0.25, 0.3) is 0 Å². The van der Waals surface area contributed by atoms with Crippen LogP contribution in [0.2, 0.25) is 0 Å². The van der Waals surface area contributed by atoms with E-state index in [0.29, 0.717) is 4.47 Å². The van der Waals surface area contributed by atoms with Crippen molar-refractivity contribution in [3.8, 4) is 0 Å². The number of fused-ring (bicyclic) bond motifs is 1. The van der Waals surface area contributed by atoms with Gasteiger partial charge in [0, 0.05) is 12.3 Å². The SMILES string of the molecule is O=C(Cc1cccc(F)c1Br)C1CCc2ccccc21. The van der Waals surface area contributed by atoms with Gasteiger partial charge in [-0.25, -0.2) is 4.39 Å². The minimum atomic E-state index is -0.317. The molecule has 2 aromatic rings. The van der Waals surface area contributed by atoms with Crippen molar-refractivity contribution in [1.82, 2.24) is 0 Å². The molecule has 20 heavy (non-hydrogen) atoms. The van der Waals surface area contributed by atoms with Gasteiger partial charge in [-0.05, 0) is 51.5 Å². The molecule has 0 saturated heterocycles. The van der Waals surface area contributed by atoms with E-state index in [1.807, 2.05) is 18.2 Å². The van der Waals surface area contributed by atoms with Gasteiger partial charge in [-0.3, -0.25) is 4.79 Å². The maximum atomic E-state index is 13.5. The number of aryl methyl sites for hydroxylation is 1. The van der Waals surface area contributed by atoms with Crippen molar-refractivity contribution in [2.24, 2.45) is 0 Å². The molecule has 0 fully saturated rings. The molecule has 0 amide bonds. The molecule has 0 aromatic heterocycles. The van der Waals surface area contributed by atoms with Crippen LogP contribution in [-0.4, -0.2) is 5.78 Å². The summed E-state index contributed by atoms with van der Waals surface area (Å²) in [5, 5.41) is 0. The standard InChI is InChI=1S/C17H14BrFO/c18-17-12(5-3-7-15(17)19)10-16(20)14-9-8-11-4-1-2-6-13(11)14/h1-7,14H,8-10H2. The lowest BCUT2D eigenvalue weighted by Crippen LogP contribution is -2.13. The Labute approximate surface area is 126 Å². The third kappa shape index (κ3) is 2.42. The van der Waals surface area contributed by atoms with Gasteiger partial charge in [-0.2, -0.15) is 0 Å². The fourth-order valence-electron chi connectivity index (χ4n) is 2.89. The van der Waals surface area contributed by atoms with E-state index in [4.69, 9.17) is 0 Å². The van der Waals surface area contributed by atoms with Crippen LogP contribution < -0.4 is 0 Å². The molecular formula is C17H14BrFO. The number of rotatable bonds is 3. The molecule has 2 aromatic carbocycles. The Morgan fingerprint density at radius 1 is 1.20 bits per heavy atom. The Kier molecular flexibility index (Phi) is 3.70. The van der Waals surface area contributed by atoms with Crippen LogP contribution in [0.3, 0.4) is 0 Å². The second-order valence-electron chi connectivity index (χ2n) is 5.15. The van der Waals surface area contributed by atoms with Gasteiger partial charge in [0.25, 0.3) is 0 Å². The highest BCUT2D eigenvalue weighted by Gasteiger charge is 2.28. The first-order chi connectivity index (χ1) is 9.66. The number of halogens is 2. The first-order valence-corrected chi connectivity index (χ1v) is 7.49. The van der Waals surface area contributed by atoms with E-state index in [1.54, 1.807) is 12.1 Å². The Morgan fingerprint density at radius 3 is 2.85 bits per heavy atom. The summed E-state index contributed by atoms with van der Waals surface area (Å²) in [5.41, 5.74) is 3.13. The minimum absolute atomic E-state index is 0.0404. The molecule has 1 nitrogen and oxygen atoms in total. The summed E-state index contributed by atoms with van der Waals surface area (Å²) in [5.74, 6) is -0.190. The van der Waals surface area contributed by atoms with Crippen LogP contribution in [0.5, 0.6) is 0 Å². The van der Waals surface area contributed by atoms with Crippen LogP contribution >= 0.6 is 15.9 Å². The molecule has 0 N–H and O–H groups in total. The van der Waals surface area contributed by atoms with E-state index in [0.717, 1.165) is 24.0 Å². The van der Waals surface area contributed by atoms with Crippen LogP contribution in [0.15, 0.2) is 46.9 Å². The molecule has 1 atom stereocenters. The zero-order valence-corrected chi connectivity index (χ0v) is 12.5. The molecule has 1 aliphatic rings. The van der Waals surface area contributed by atoms with E-state index < -0.39 is 0 Å². The monoisotopic (exact) mass is 332 g/mol. The highest BCUT2D eigenvalue weighted by atomic mass is 79.9. The van der Waals surface area contributed by atoms with E-state index >= 15 is 0 Å². The molecule has 3 heteroatoms. The number of hydrogen-bond acceptors (Lipinski definition) is 1. The Bertz CT molecular complexity index is 666. The van der Waals surface area contributed by atoms with Gasteiger partial charge in [-0.1, -0.05) is 36.4 Å². The second kappa shape index (κ2) is 5.49. The fourth-order valence-corrected chi connectivity index (χ4v) is 3.29. The van der Waals surface area contributed by atoms with E-state index in [2.05, 4.69) is 22.0 Å². The molecule has 0 bridgehead atoms. The maximum Gasteiger partial charge on any atom is 0.144 e. The average Bonchev–Trinajstić information content (AvgIpc) is 2.88. The minimum Gasteiger partial charge on any atom is -0.299 e. The predicted molar refractivity (Wildman–Crippen MR) is 80.3 cm³/mol. The lowest BCUT2D eigenvalue weighted by Gasteiger charge is -2.11. The second-order valence-corrected chi connectivity index (χ2v) is 5.94. The third-order valence-corrected chi connectivity index (χ3v) is 4.81. The van der Waals surface area contributed by atoms with Gasteiger partial charge in [-0.15, -0.1) is 0 Å². The summed E-state index contributed by atoms with van der Waals surface area (Å²) in [6.45, 7) is 0. The molecule has 102 valence electrons. The molecule has 3 rings (SSSR count). The molecule has 0 spiro atoms. The largest absolute Gasteiger partial charge is 0.299 e. The summed E-state index contributed by atoms with van der Waals surface area (Å²) in [6.07, 6.45) is 2.10. The lowest BCUT2D eigenvalue weighted by atomic mass is 9.92. The zero-order valence-electron chi connectivity index (χ0n) is 10.9. The third-order valence-electron chi connectivity index (χ3n) is 3.92. The molecule has 0 radical (unpaired) electrons. The zero-order chi connectivity index (χ0) is 14.1. The van der Waals surface area contributed by atoms with Crippen molar-refractivity contribution in [2.75, 3.05) is 0 Å². The van der Waals surface area contributed by atoms with E-state index in [-0.39, 0.29) is 23.9 Å². The topological polar surface area (TPSA) is 17.1 Å². The smallest absolute Gasteiger partial charge is 0.144 e. The van der Waals surface area contributed by atoms with Crippen LogP contribution in [0.4, 0.5) is 4.39 Å². The van der Waals surface area contributed by atoms with Gasteiger partial charge in [0.05, 0.1) is 4.47 Å². The van der Waals surface area contributed by atoms with Crippen LogP contribution in [0.1, 0.15) is 29.0 Å². The van der Waals surface area contributed by atoms with Crippen molar-refractivity contribution in [2.45, 2.75) is 25.2 Å². The highest BCUT2D eigenvalue weighted by molar-refractivity contribution is 9.10. The van der Waals surface area contributed by atoms with E-state index in [1.165, 1.54) is 11.6 Å². The molecule has 0 aliphatic heterocycles. The molecule has 1 aliphatic carbocycles. The number of carbonyl (C=O) groups is 1. The quantitative estimate of drug-likeness (QED) is 0.812. The van der Waals surface area contributed by atoms with Crippen molar-refractivity contribution in [3.05, 3.63) is 69.4 Å². The number of ketones is 1. The lowest BCUT2D eigenvalue weighted by molar-refractivity contribution is -0.119. The number of benzene rings is 2. The first-order valence-electron chi connectivity index (χ1n) is 6.70. The Balaban J connectivity index is 1.83. The molecular weight excluding hydrogens is 319 g/mol. The average molecular weight is 333 g/mol. The van der Waals surface area contributed by atoms with Crippen molar-refractivity contribution in [1.29, 1.82) is 0 Å². The van der Waals surface area contributed by atoms with Crippen LogP contribution in [0, 0.1) is 5.82 Å². The molecule has 1 unspecified atom stereocenters. The van der Waals surface area contributed by atoms with Gasteiger partial charge in [0.2, 0.25) is 0 Å². The Morgan fingerprint density at radius 2 is 2.00 bits per heavy atom. The van der Waals surface area contributed by atoms with Gasteiger partial charge in [0.1, 0.15) is 11.6 Å². The normalized spacial score (nSPS) is 17.0. The summed E-state index contributed by atoms with van der Waals surface area (Å²) < 4.78 is 13.9. The van der Waals surface area contributed by atoms with Gasteiger partial charge in [0.15, 0.2) is 0 Å². The summed E-state index contributed by atoms with van der Waals surface area (Å²) >= 11 is 3.22. The fraction of sp³-hybridized carbons (Fsp3) is 0.235. The maximum absolute atomic E-state index is 13.5. The summed E-state index contributed by atoms with van der Waals surface area (Å²) in [7, 11) is 0. The number of hydrogen-bond donors (Lipinski definition) is 0. The molecule has 0 saturated carbocycles. The summed E-state index contributed by atoms with van der Waals surface area (Å²) in [4.78, 5) is 12.5. The van der Waals surface area contributed by atoms with Gasteiger partial charge < -0.3 is 0 Å². The van der Waals surface area contributed by atoms with Crippen molar-refractivity contribution < 1.29 is 9.18 Å². The number of Topliss-reactive ketones (excluding diaryl/α,β-unsaturated/α-hetero) is 1. The molecule has 0 heterocycles. The van der Waals surface area contributed by atoms with Crippen LogP contribution in [-0.2, 0) is 17.6 Å². The Hall–Kier alpha value is -1.48. The summed E-state index contributed by atoms with van der Waals surface area (Å²) in [6, 6.07) is 12.9. The predicted octanol–water partition coefficient (Wildman–Crippen LogP) is 4.43. The first kappa shape index (κ1) is 13.5. The van der Waals surface area contributed by atoms with E-state index in [9.17, 15) is 9.18 Å². The van der Waals surface area contributed by atoms with Crippen molar-refractivity contribution in [3.63, 3.8) is 0 Å². The number of carbonyl (C=O) groups excluding carboxylic acids is 1. The van der Waals surface area contributed by atoms with Gasteiger partial charge >= 0.3 is 0 Å². The van der Waals surface area contributed by atoms with Crippen molar-refractivity contribution >= 4 is 21.7 Å².